The van der Waals surface area contributed by atoms with Crippen molar-refractivity contribution in [2.45, 2.75) is 26.3 Å². The fraction of sp³-hybridized carbons (Fsp3) is 0.333. The smallest absolute Gasteiger partial charge is 0.253 e. The van der Waals surface area contributed by atoms with Crippen molar-refractivity contribution >= 4 is 28.1 Å². The molecule has 126 valence electrons. The summed E-state index contributed by atoms with van der Waals surface area (Å²) in [6, 6.07) is 6.12. The Bertz CT molecular complexity index is 837. The molecule has 0 atom stereocenters. The lowest BCUT2D eigenvalue weighted by molar-refractivity contribution is 0.0955. The van der Waals surface area contributed by atoms with Crippen LogP contribution in [0.15, 0.2) is 36.0 Å². The number of ether oxygens (including phenoxy) is 1. The fourth-order valence-corrected chi connectivity index (χ4v) is 3.34. The van der Waals surface area contributed by atoms with E-state index in [1.54, 1.807) is 24.6 Å². The van der Waals surface area contributed by atoms with Gasteiger partial charge in [0.05, 0.1) is 17.7 Å². The zero-order valence-corrected chi connectivity index (χ0v) is 14.9. The summed E-state index contributed by atoms with van der Waals surface area (Å²) in [6.07, 6.45) is 4.45. The van der Waals surface area contributed by atoms with Gasteiger partial charge in [-0.25, -0.2) is 4.98 Å². The van der Waals surface area contributed by atoms with E-state index in [-0.39, 0.29) is 11.9 Å². The van der Waals surface area contributed by atoms with Crippen LogP contribution in [0.4, 0.5) is 0 Å². The van der Waals surface area contributed by atoms with E-state index in [2.05, 4.69) is 28.7 Å². The average Bonchev–Trinajstić information content (AvgIpc) is 3.21. The number of aromatic nitrogens is 2. The first-order valence-corrected chi connectivity index (χ1v) is 8.83. The number of thiazole rings is 1. The molecule has 1 amide bonds. The molecule has 0 aliphatic heterocycles. The molecule has 2 heterocycles. The molecular formula is C18H21N3O2S. The second kappa shape index (κ2) is 7.05. The molecule has 0 aliphatic carbocycles. The van der Waals surface area contributed by atoms with Crippen LogP contribution < -0.4 is 10.1 Å². The Morgan fingerprint density at radius 2 is 2.25 bits per heavy atom. The Hall–Kier alpha value is -2.34. The summed E-state index contributed by atoms with van der Waals surface area (Å²) < 4.78 is 7.42. The van der Waals surface area contributed by atoms with Crippen LogP contribution >= 0.6 is 11.3 Å². The van der Waals surface area contributed by atoms with Crippen molar-refractivity contribution < 1.29 is 9.53 Å². The molecule has 0 unspecified atom stereocenters. The third kappa shape index (κ3) is 3.28. The molecule has 0 saturated heterocycles. The van der Waals surface area contributed by atoms with Gasteiger partial charge in [0.2, 0.25) is 0 Å². The molecule has 1 aromatic carbocycles. The van der Waals surface area contributed by atoms with Crippen LogP contribution in [0.2, 0.25) is 0 Å². The quantitative estimate of drug-likeness (QED) is 0.743. The predicted octanol–water partition coefficient (Wildman–Crippen LogP) is 3.66. The van der Waals surface area contributed by atoms with Gasteiger partial charge in [-0.3, -0.25) is 4.79 Å². The number of rotatable bonds is 6. The fourth-order valence-electron chi connectivity index (χ4n) is 2.72. The summed E-state index contributed by atoms with van der Waals surface area (Å²) in [5.74, 6) is 0.685. The maximum absolute atomic E-state index is 12.6. The van der Waals surface area contributed by atoms with Crippen LogP contribution in [0.3, 0.4) is 0 Å². The molecule has 6 heteroatoms. The summed E-state index contributed by atoms with van der Waals surface area (Å²) in [5.41, 5.74) is 1.72. The first-order chi connectivity index (χ1) is 11.6. The molecule has 24 heavy (non-hydrogen) atoms. The molecule has 0 aliphatic rings. The van der Waals surface area contributed by atoms with E-state index in [4.69, 9.17) is 4.74 Å². The van der Waals surface area contributed by atoms with Gasteiger partial charge in [0, 0.05) is 47.7 Å². The van der Waals surface area contributed by atoms with Crippen LogP contribution in [0.1, 0.15) is 35.3 Å². The second-order valence-electron chi connectivity index (χ2n) is 5.86. The molecule has 0 radical (unpaired) electrons. The Morgan fingerprint density at radius 1 is 1.42 bits per heavy atom. The number of amides is 1. The van der Waals surface area contributed by atoms with Gasteiger partial charge in [-0.05, 0) is 32.0 Å². The highest BCUT2D eigenvalue weighted by atomic mass is 32.1. The van der Waals surface area contributed by atoms with Crippen LogP contribution in [0.5, 0.6) is 5.75 Å². The van der Waals surface area contributed by atoms with Gasteiger partial charge in [-0.15, -0.1) is 11.3 Å². The number of carbonyl (C=O) groups is 1. The van der Waals surface area contributed by atoms with E-state index in [9.17, 15) is 4.79 Å². The third-order valence-corrected chi connectivity index (χ3v) is 4.79. The van der Waals surface area contributed by atoms with E-state index < -0.39 is 0 Å². The minimum Gasteiger partial charge on any atom is -0.497 e. The summed E-state index contributed by atoms with van der Waals surface area (Å²) in [6.45, 7) is 4.78. The number of hydrogen-bond acceptors (Lipinski definition) is 4. The molecule has 3 rings (SSSR count). The SMILES string of the molecule is COc1ccc2c(c1)c(C(=O)NCCc1nccs1)cn2C(C)C. The van der Waals surface area contributed by atoms with Gasteiger partial charge in [-0.2, -0.15) is 0 Å². The van der Waals surface area contributed by atoms with Gasteiger partial charge in [0.15, 0.2) is 0 Å². The Balaban J connectivity index is 1.85. The lowest BCUT2D eigenvalue weighted by atomic mass is 10.1. The van der Waals surface area contributed by atoms with Crippen LogP contribution in [0, 0.1) is 0 Å². The number of methoxy groups -OCH3 is 1. The summed E-state index contributed by atoms with van der Waals surface area (Å²) >= 11 is 1.60. The topological polar surface area (TPSA) is 56.1 Å². The Labute approximate surface area is 145 Å². The normalized spacial score (nSPS) is 11.2. The first kappa shape index (κ1) is 16.5. The molecule has 5 nitrogen and oxygen atoms in total. The van der Waals surface area contributed by atoms with E-state index in [1.165, 1.54) is 0 Å². The van der Waals surface area contributed by atoms with Crippen LogP contribution in [-0.4, -0.2) is 29.1 Å². The van der Waals surface area contributed by atoms with Gasteiger partial charge in [0.25, 0.3) is 5.91 Å². The molecule has 0 spiro atoms. The third-order valence-electron chi connectivity index (χ3n) is 3.95. The summed E-state index contributed by atoms with van der Waals surface area (Å²) in [5, 5.41) is 6.88. The molecule has 0 saturated carbocycles. The number of hydrogen-bond donors (Lipinski definition) is 1. The Morgan fingerprint density at radius 3 is 2.92 bits per heavy atom. The number of benzene rings is 1. The molecule has 2 aromatic heterocycles. The predicted molar refractivity (Wildman–Crippen MR) is 97.0 cm³/mol. The number of fused-ring (bicyclic) bond motifs is 1. The largest absolute Gasteiger partial charge is 0.497 e. The number of carbonyl (C=O) groups excluding carboxylic acids is 1. The highest BCUT2D eigenvalue weighted by Crippen LogP contribution is 2.28. The number of nitrogens with one attached hydrogen (secondary N) is 1. The summed E-state index contributed by atoms with van der Waals surface area (Å²) in [7, 11) is 1.63. The van der Waals surface area contributed by atoms with Crippen LogP contribution in [0.25, 0.3) is 10.9 Å². The summed E-state index contributed by atoms with van der Waals surface area (Å²) in [4.78, 5) is 16.9. The van der Waals surface area contributed by atoms with Crippen molar-refractivity contribution in [3.05, 3.63) is 46.5 Å². The zero-order valence-electron chi connectivity index (χ0n) is 14.1. The van der Waals surface area contributed by atoms with E-state index >= 15 is 0 Å². The van der Waals surface area contributed by atoms with Crippen molar-refractivity contribution in [1.29, 1.82) is 0 Å². The Kier molecular flexibility index (Phi) is 4.85. The van der Waals surface area contributed by atoms with Crippen molar-refractivity contribution in [3.8, 4) is 5.75 Å². The number of nitrogens with zero attached hydrogens (tertiary/aromatic N) is 2. The van der Waals surface area contributed by atoms with Gasteiger partial charge in [-0.1, -0.05) is 0 Å². The average molecular weight is 343 g/mol. The molecule has 3 aromatic rings. The molecule has 0 bridgehead atoms. The van der Waals surface area contributed by atoms with E-state index in [0.29, 0.717) is 12.1 Å². The standard InChI is InChI=1S/C18H21N3O2S/c1-12(2)21-11-15(14-10-13(23-3)4-5-16(14)21)18(22)20-7-6-17-19-8-9-24-17/h4-5,8-12H,6-7H2,1-3H3,(H,20,22). The van der Waals surface area contributed by atoms with E-state index in [1.807, 2.05) is 29.8 Å². The van der Waals surface area contributed by atoms with Crippen molar-refractivity contribution in [2.24, 2.45) is 0 Å². The minimum absolute atomic E-state index is 0.0655. The van der Waals surface area contributed by atoms with Crippen LogP contribution in [-0.2, 0) is 6.42 Å². The highest BCUT2D eigenvalue weighted by molar-refractivity contribution is 7.09. The van der Waals surface area contributed by atoms with Crippen molar-refractivity contribution in [3.63, 3.8) is 0 Å². The first-order valence-electron chi connectivity index (χ1n) is 7.95. The zero-order chi connectivity index (χ0) is 17.1. The lowest BCUT2D eigenvalue weighted by Gasteiger charge is -2.09. The van der Waals surface area contributed by atoms with Crippen molar-refractivity contribution in [2.75, 3.05) is 13.7 Å². The monoisotopic (exact) mass is 343 g/mol. The van der Waals surface area contributed by atoms with Gasteiger partial charge < -0.3 is 14.6 Å². The molecular weight excluding hydrogens is 322 g/mol. The maximum atomic E-state index is 12.6. The van der Waals surface area contributed by atoms with Gasteiger partial charge >= 0.3 is 0 Å². The van der Waals surface area contributed by atoms with E-state index in [0.717, 1.165) is 28.1 Å². The van der Waals surface area contributed by atoms with Crippen molar-refractivity contribution in [1.82, 2.24) is 14.9 Å². The van der Waals surface area contributed by atoms with Gasteiger partial charge in [0.1, 0.15) is 5.75 Å². The molecule has 0 fully saturated rings. The molecule has 1 N–H and O–H groups in total. The second-order valence-corrected chi connectivity index (χ2v) is 6.84. The maximum Gasteiger partial charge on any atom is 0.253 e. The lowest BCUT2D eigenvalue weighted by Crippen LogP contribution is -2.25. The highest BCUT2D eigenvalue weighted by Gasteiger charge is 2.17. The minimum atomic E-state index is -0.0655.